The highest BCUT2D eigenvalue weighted by molar-refractivity contribution is 5.57. The highest BCUT2D eigenvalue weighted by Gasteiger charge is 2.22. The summed E-state index contributed by atoms with van der Waals surface area (Å²) in [6.07, 6.45) is 2.91. The van der Waals surface area contributed by atoms with E-state index in [1.54, 1.807) is 12.1 Å². The SMILES string of the molecule is [C-]#[N+]c1ccc(N2CCC(Oc3ccc(CC)cc3)CC2)c(F)c1. The molecule has 2 aromatic carbocycles. The Balaban J connectivity index is 1.58. The molecule has 1 fully saturated rings. The third-order valence-electron chi connectivity index (χ3n) is 4.48. The molecular formula is C20H21FN2O. The maximum Gasteiger partial charge on any atom is 0.190 e. The van der Waals surface area contributed by atoms with Crippen LogP contribution < -0.4 is 9.64 Å². The predicted molar refractivity (Wildman–Crippen MR) is 94.3 cm³/mol. The third kappa shape index (κ3) is 3.68. The zero-order valence-corrected chi connectivity index (χ0v) is 13.8. The van der Waals surface area contributed by atoms with Crippen LogP contribution in [0.15, 0.2) is 42.5 Å². The van der Waals surface area contributed by atoms with Crippen molar-refractivity contribution in [1.82, 2.24) is 0 Å². The molecular weight excluding hydrogens is 303 g/mol. The second kappa shape index (κ2) is 7.35. The highest BCUT2D eigenvalue weighted by Crippen LogP contribution is 2.28. The lowest BCUT2D eigenvalue weighted by Gasteiger charge is -2.34. The first-order valence-corrected chi connectivity index (χ1v) is 8.37. The van der Waals surface area contributed by atoms with E-state index in [0.29, 0.717) is 11.4 Å². The lowest BCUT2D eigenvalue weighted by atomic mass is 10.1. The maximum atomic E-state index is 14.1. The van der Waals surface area contributed by atoms with Crippen LogP contribution in [-0.4, -0.2) is 19.2 Å². The number of halogens is 1. The van der Waals surface area contributed by atoms with Crippen LogP contribution in [0.4, 0.5) is 15.8 Å². The number of rotatable bonds is 4. The summed E-state index contributed by atoms with van der Waals surface area (Å²) in [5.41, 5.74) is 2.22. The summed E-state index contributed by atoms with van der Waals surface area (Å²) in [4.78, 5) is 5.29. The summed E-state index contributed by atoms with van der Waals surface area (Å²) in [6, 6.07) is 12.9. The van der Waals surface area contributed by atoms with Crippen molar-refractivity contribution in [2.24, 2.45) is 0 Å². The van der Waals surface area contributed by atoms with Gasteiger partial charge in [0.1, 0.15) is 17.7 Å². The summed E-state index contributed by atoms with van der Waals surface area (Å²) in [7, 11) is 0. The summed E-state index contributed by atoms with van der Waals surface area (Å²) < 4.78 is 20.2. The van der Waals surface area contributed by atoms with E-state index in [2.05, 4.69) is 23.9 Å². The lowest BCUT2D eigenvalue weighted by molar-refractivity contribution is 0.170. The van der Waals surface area contributed by atoms with Crippen LogP contribution in [0.5, 0.6) is 5.75 Å². The van der Waals surface area contributed by atoms with Gasteiger partial charge in [-0.15, -0.1) is 0 Å². The van der Waals surface area contributed by atoms with E-state index in [9.17, 15) is 4.39 Å². The Morgan fingerprint density at radius 3 is 2.46 bits per heavy atom. The number of hydrogen-bond acceptors (Lipinski definition) is 2. The van der Waals surface area contributed by atoms with E-state index in [-0.39, 0.29) is 11.9 Å². The number of aryl methyl sites for hydroxylation is 1. The molecule has 0 N–H and O–H groups in total. The van der Waals surface area contributed by atoms with Crippen LogP contribution in [0.2, 0.25) is 0 Å². The number of benzene rings is 2. The van der Waals surface area contributed by atoms with Crippen LogP contribution in [-0.2, 0) is 6.42 Å². The van der Waals surface area contributed by atoms with Crippen molar-refractivity contribution >= 4 is 11.4 Å². The van der Waals surface area contributed by atoms with Gasteiger partial charge in [0.15, 0.2) is 5.69 Å². The Bertz CT molecular complexity index is 728. The number of anilines is 1. The minimum atomic E-state index is -0.321. The minimum Gasteiger partial charge on any atom is -0.490 e. The number of nitrogens with zero attached hydrogens (tertiary/aromatic N) is 2. The van der Waals surface area contributed by atoms with Crippen molar-refractivity contribution < 1.29 is 9.13 Å². The fraction of sp³-hybridized carbons (Fsp3) is 0.350. The molecule has 3 rings (SSSR count). The predicted octanol–water partition coefficient (Wildman–Crippen LogP) is 4.99. The zero-order chi connectivity index (χ0) is 16.9. The van der Waals surface area contributed by atoms with E-state index in [1.807, 2.05) is 17.0 Å². The van der Waals surface area contributed by atoms with E-state index >= 15 is 0 Å². The summed E-state index contributed by atoms with van der Waals surface area (Å²) in [5, 5.41) is 0. The fourth-order valence-electron chi connectivity index (χ4n) is 3.03. The first-order chi connectivity index (χ1) is 11.7. The van der Waals surface area contributed by atoms with Gasteiger partial charge in [-0.05, 0) is 36.2 Å². The molecule has 0 bridgehead atoms. The molecule has 4 heteroatoms. The zero-order valence-electron chi connectivity index (χ0n) is 13.8. The Kier molecular flexibility index (Phi) is 5.00. The minimum absolute atomic E-state index is 0.166. The molecule has 0 spiro atoms. The molecule has 0 aromatic heterocycles. The van der Waals surface area contributed by atoms with Gasteiger partial charge in [-0.2, -0.15) is 0 Å². The van der Waals surface area contributed by atoms with E-state index in [4.69, 9.17) is 11.3 Å². The van der Waals surface area contributed by atoms with Crippen molar-refractivity contribution in [3.05, 3.63) is 65.3 Å². The van der Waals surface area contributed by atoms with Crippen LogP contribution >= 0.6 is 0 Å². The normalized spacial score (nSPS) is 15.1. The Morgan fingerprint density at radius 1 is 1.17 bits per heavy atom. The van der Waals surface area contributed by atoms with Gasteiger partial charge in [0, 0.05) is 25.9 Å². The van der Waals surface area contributed by atoms with Crippen LogP contribution in [0.25, 0.3) is 4.85 Å². The smallest absolute Gasteiger partial charge is 0.190 e. The summed E-state index contributed by atoms with van der Waals surface area (Å²) >= 11 is 0. The summed E-state index contributed by atoms with van der Waals surface area (Å²) in [5.74, 6) is 0.580. The van der Waals surface area contributed by atoms with E-state index in [1.165, 1.54) is 11.6 Å². The second-order valence-electron chi connectivity index (χ2n) is 6.05. The maximum absolute atomic E-state index is 14.1. The molecule has 2 aromatic rings. The standard InChI is InChI=1S/C20H21FN2O/c1-3-15-4-7-17(8-5-15)24-18-10-12-23(13-11-18)20-9-6-16(22-2)14-19(20)21/h4-9,14,18H,3,10-13H2,1H3. The van der Waals surface area contributed by atoms with Crippen molar-refractivity contribution in [2.75, 3.05) is 18.0 Å². The second-order valence-corrected chi connectivity index (χ2v) is 6.05. The van der Waals surface area contributed by atoms with Crippen molar-refractivity contribution in [3.8, 4) is 5.75 Å². The van der Waals surface area contributed by atoms with Gasteiger partial charge >= 0.3 is 0 Å². The Hall–Kier alpha value is -2.54. The van der Waals surface area contributed by atoms with Crippen molar-refractivity contribution in [2.45, 2.75) is 32.3 Å². The molecule has 0 atom stereocenters. The van der Waals surface area contributed by atoms with Gasteiger partial charge in [0.25, 0.3) is 0 Å². The Morgan fingerprint density at radius 2 is 1.88 bits per heavy atom. The highest BCUT2D eigenvalue weighted by atomic mass is 19.1. The van der Waals surface area contributed by atoms with Gasteiger partial charge in [-0.1, -0.05) is 25.1 Å². The molecule has 0 radical (unpaired) electrons. The van der Waals surface area contributed by atoms with Gasteiger partial charge < -0.3 is 9.64 Å². The van der Waals surface area contributed by atoms with Gasteiger partial charge in [-0.25, -0.2) is 9.24 Å². The van der Waals surface area contributed by atoms with Crippen LogP contribution in [0, 0.1) is 12.4 Å². The van der Waals surface area contributed by atoms with Crippen molar-refractivity contribution in [1.29, 1.82) is 0 Å². The largest absolute Gasteiger partial charge is 0.490 e. The third-order valence-corrected chi connectivity index (χ3v) is 4.48. The number of piperidine rings is 1. The van der Waals surface area contributed by atoms with Gasteiger partial charge in [0.2, 0.25) is 0 Å². The quantitative estimate of drug-likeness (QED) is 0.737. The molecule has 24 heavy (non-hydrogen) atoms. The molecule has 1 heterocycles. The van der Waals surface area contributed by atoms with Gasteiger partial charge in [-0.3, -0.25) is 0 Å². The first kappa shape index (κ1) is 16.3. The van der Waals surface area contributed by atoms with Crippen LogP contribution in [0.3, 0.4) is 0 Å². The first-order valence-electron chi connectivity index (χ1n) is 8.37. The van der Waals surface area contributed by atoms with Crippen molar-refractivity contribution in [3.63, 3.8) is 0 Å². The molecule has 0 saturated carbocycles. The summed E-state index contributed by atoms with van der Waals surface area (Å²) in [6.45, 7) is 10.6. The molecule has 1 saturated heterocycles. The molecule has 0 amide bonds. The topological polar surface area (TPSA) is 16.8 Å². The molecule has 1 aliphatic rings. The molecule has 3 nitrogen and oxygen atoms in total. The lowest BCUT2D eigenvalue weighted by Crippen LogP contribution is -2.38. The van der Waals surface area contributed by atoms with Crippen LogP contribution in [0.1, 0.15) is 25.3 Å². The monoisotopic (exact) mass is 324 g/mol. The van der Waals surface area contributed by atoms with Gasteiger partial charge in [0.05, 0.1) is 12.3 Å². The average molecular weight is 324 g/mol. The van der Waals surface area contributed by atoms with E-state index < -0.39 is 0 Å². The molecule has 0 unspecified atom stereocenters. The Labute approximate surface area is 142 Å². The molecule has 1 aliphatic heterocycles. The molecule has 0 aliphatic carbocycles. The number of ether oxygens (including phenoxy) is 1. The fourth-order valence-corrected chi connectivity index (χ4v) is 3.03. The average Bonchev–Trinajstić information content (AvgIpc) is 2.63. The number of hydrogen-bond donors (Lipinski definition) is 0. The van der Waals surface area contributed by atoms with E-state index in [0.717, 1.165) is 38.1 Å². The molecule has 124 valence electrons.